The number of likely N-dealkylation sites (N-methyl/N-ethyl adjacent to an activating group) is 1. The molecule has 0 spiro atoms. The lowest BCUT2D eigenvalue weighted by Crippen LogP contribution is -2.65. The van der Waals surface area contributed by atoms with Gasteiger partial charge in [0, 0.05) is 49.2 Å². The van der Waals surface area contributed by atoms with Crippen molar-refractivity contribution in [1.29, 1.82) is 0 Å². The number of carbonyl (C=O) groups is 3. The maximum absolute atomic E-state index is 14.3. The number of aliphatic hydroxyl groups excluding tert-OH is 2. The first kappa shape index (κ1) is 28.8. The van der Waals surface area contributed by atoms with E-state index in [1.165, 1.54) is 4.90 Å². The van der Waals surface area contributed by atoms with Crippen molar-refractivity contribution in [3.05, 3.63) is 64.4 Å². The number of primary amides is 1. The minimum atomic E-state index is -2.65. The Bertz CT molecular complexity index is 2070. The van der Waals surface area contributed by atoms with Crippen molar-refractivity contribution in [2.75, 3.05) is 33.1 Å². The standard InChI is InChI=1S/C33H33N5O7/c1-36(2)20-13-18-28(45-32(35-18)21-12-14-8-6-7-9-19(14)38(21)5)23-16(20)10-15-11-17-25(37(3)4)27(40)24(31(34)43)30(42)33(17,44)29(41)22(15)26(23)39/h6-9,12-13,15,17,25,39,42,44H,10-11H2,1-5H3,(H2,34,43)/t15-,17-,25-,33-/m0/s1. The zero-order valence-electron chi connectivity index (χ0n) is 25.5. The number of amides is 1. The quantitative estimate of drug-likeness (QED) is 0.251. The summed E-state index contributed by atoms with van der Waals surface area (Å²) >= 11 is 0. The third-order valence-electron chi connectivity index (χ3n) is 9.73. The normalized spacial score (nSPS) is 24.8. The molecule has 1 amide bonds. The van der Waals surface area contributed by atoms with Gasteiger partial charge in [0.25, 0.3) is 5.91 Å². The molecule has 4 aromatic rings. The monoisotopic (exact) mass is 611 g/mol. The van der Waals surface area contributed by atoms with E-state index in [1.54, 1.807) is 14.1 Å². The summed E-state index contributed by atoms with van der Waals surface area (Å²) < 4.78 is 8.32. The van der Waals surface area contributed by atoms with Crippen LogP contribution in [0.1, 0.15) is 17.5 Å². The molecule has 0 saturated heterocycles. The predicted molar refractivity (Wildman–Crippen MR) is 166 cm³/mol. The van der Waals surface area contributed by atoms with Crippen molar-refractivity contribution >= 4 is 50.9 Å². The molecule has 1 fully saturated rings. The van der Waals surface area contributed by atoms with Crippen molar-refractivity contribution < 1.29 is 34.1 Å². The van der Waals surface area contributed by atoms with E-state index < -0.39 is 58.0 Å². The summed E-state index contributed by atoms with van der Waals surface area (Å²) in [4.78, 5) is 48.1. The van der Waals surface area contributed by atoms with Gasteiger partial charge in [0.2, 0.25) is 11.7 Å². The van der Waals surface area contributed by atoms with Gasteiger partial charge < -0.3 is 34.9 Å². The molecule has 2 aromatic heterocycles. The van der Waals surface area contributed by atoms with Crippen LogP contribution in [0.15, 0.2) is 57.7 Å². The maximum Gasteiger partial charge on any atom is 0.255 e. The van der Waals surface area contributed by atoms with Crippen LogP contribution in [-0.4, -0.2) is 87.1 Å². The molecule has 0 aliphatic heterocycles. The number of fused-ring (bicyclic) bond motifs is 6. The molecule has 7 rings (SSSR count). The van der Waals surface area contributed by atoms with Crippen LogP contribution in [0.3, 0.4) is 0 Å². The third-order valence-corrected chi connectivity index (χ3v) is 9.73. The van der Waals surface area contributed by atoms with Gasteiger partial charge in [0.05, 0.1) is 11.6 Å². The fourth-order valence-electron chi connectivity index (χ4n) is 7.68. The smallest absolute Gasteiger partial charge is 0.255 e. The van der Waals surface area contributed by atoms with Crippen molar-refractivity contribution in [2.24, 2.45) is 24.6 Å². The lowest BCUT2D eigenvalue weighted by atomic mass is 9.57. The van der Waals surface area contributed by atoms with Crippen LogP contribution < -0.4 is 10.6 Å². The highest BCUT2D eigenvalue weighted by Crippen LogP contribution is 2.53. The van der Waals surface area contributed by atoms with Gasteiger partial charge >= 0.3 is 0 Å². The molecule has 12 heteroatoms. The van der Waals surface area contributed by atoms with E-state index in [4.69, 9.17) is 15.1 Å². The first-order chi connectivity index (χ1) is 21.3. The fourth-order valence-corrected chi connectivity index (χ4v) is 7.68. The van der Waals surface area contributed by atoms with Crippen molar-refractivity contribution in [3.63, 3.8) is 0 Å². The highest BCUT2D eigenvalue weighted by Gasteiger charge is 2.64. The number of oxazole rings is 1. The number of rotatable bonds is 4. The van der Waals surface area contributed by atoms with E-state index >= 15 is 0 Å². The Kier molecular flexibility index (Phi) is 6.10. The summed E-state index contributed by atoms with van der Waals surface area (Å²) in [7, 11) is 8.81. The van der Waals surface area contributed by atoms with Gasteiger partial charge in [-0.1, -0.05) is 18.2 Å². The minimum Gasteiger partial charge on any atom is -0.508 e. The Labute approximate surface area is 257 Å². The number of nitrogens with two attached hydrogens (primary N) is 1. The molecule has 3 aliphatic rings. The van der Waals surface area contributed by atoms with Gasteiger partial charge in [-0.25, -0.2) is 4.98 Å². The Morgan fingerprint density at radius 2 is 1.84 bits per heavy atom. The van der Waals surface area contributed by atoms with Crippen LogP contribution in [-0.2, 0) is 27.9 Å². The Balaban J connectivity index is 1.46. The SMILES string of the molecule is CN(C)c1cc2nc(-c3cc4ccccc4n3C)oc2c2c1C[C@H]1C[C@H]3[C@H](N(C)C)C(=O)C(C(N)=O)=C(O)[C@@]3(O)C(=O)C1=C2O. The molecule has 45 heavy (non-hydrogen) atoms. The predicted octanol–water partition coefficient (Wildman–Crippen LogP) is 2.62. The highest BCUT2D eigenvalue weighted by molar-refractivity contribution is 6.24. The molecule has 1 saturated carbocycles. The largest absolute Gasteiger partial charge is 0.508 e. The van der Waals surface area contributed by atoms with Crippen LogP contribution in [0.25, 0.3) is 39.3 Å². The van der Waals surface area contributed by atoms with Crippen LogP contribution in [0.2, 0.25) is 0 Å². The van der Waals surface area contributed by atoms with E-state index in [1.807, 2.05) is 67.0 Å². The molecular formula is C33H33N5O7. The van der Waals surface area contributed by atoms with E-state index in [0.29, 0.717) is 11.4 Å². The van der Waals surface area contributed by atoms with Gasteiger partial charge in [-0.05, 0) is 56.6 Å². The summed E-state index contributed by atoms with van der Waals surface area (Å²) in [5, 5.41) is 36.0. The van der Waals surface area contributed by atoms with E-state index in [-0.39, 0.29) is 29.6 Å². The molecule has 2 aromatic carbocycles. The number of carbonyl (C=O) groups excluding carboxylic acids is 3. The van der Waals surface area contributed by atoms with E-state index in [0.717, 1.165) is 27.8 Å². The molecule has 232 valence electrons. The zero-order valence-corrected chi connectivity index (χ0v) is 25.5. The Morgan fingerprint density at radius 3 is 2.49 bits per heavy atom. The molecule has 0 bridgehead atoms. The minimum absolute atomic E-state index is 0.0638. The molecule has 0 unspecified atom stereocenters. The average Bonchev–Trinajstić information content (AvgIpc) is 3.55. The molecule has 2 heterocycles. The van der Waals surface area contributed by atoms with Gasteiger partial charge in [0.1, 0.15) is 28.3 Å². The summed E-state index contributed by atoms with van der Waals surface area (Å²) in [5.41, 5.74) is 6.04. The molecule has 0 radical (unpaired) electrons. The maximum atomic E-state index is 14.3. The number of aromatic nitrogens is 2. The number of para-hydroxylation sites is 1. The van der Waals surface area contributed by atoms with Crippen LogP contribution in [0.5, 0.6) is 0 Å². The first-order valence-corrected chi connectivity index (χ1v) is 14.6. The summed E-state index contributed by atoms with van der Waals surface area (Å²) in [6, 6.07) is 10.6. The summed E-state index contributed by atoms with van der Waals surface area (Å²) in [6.45, 7) is 0. The second-order valence-electron chi connectivity index (χ2n) is 12.6. The van der Waals surface area contributed by atoms with Crippen molar-refractivity contribution in [2.45, 2.75) is 24.5 Å². The second-order valence-corrected chi connectivity index (χ2v) is 12.6. The Hall–Kier alpha value is -4.94. The average molecular weight is 612 g/mol. The lowest BCUT2D eigenvalue weighted by molar-refractivity contribution is -0.153. The zero-order chi connectivity index (χ0) is 32.3. The summed E-state index contributed by atoms with van der Waals surface area (Å²) in [6.07, 6.45) is 0.344. The lowest BCUT2D eigenvalue weighted by Gasteiger charge is -2.50. The number of hydrogen-bond donors (Lipinski definition) is 4. The topological polar surface area (TPSA) is 175 Å². The van der Waals surface area contributed by atoms with Crippen LogP contribution >= 0.6 is 0 Å². The van der Waals surface area contributed by atoms with Crippen molar-refractivity contribution in [1.82, 2.24) is 14.5 Å². The molecule has 5 N–H and O–H groups in total. The number of hydrogen-bond acceptors (Lipinski definition) is 10. The van der Waals surface area contributed by atoms with Gasteiger partial charge in [-0.15, -0.1) is 0 Å². The number of anilines is 1. The van der Waals surface area contributed by atoms with Crippen molar-refractivity contribution in [3.8, 4) is 11.6 Å². The van der Waals surface area contributed by atoms with Gasteiger partial charge in [-0.3, -0.25) is 19.3 Å². The molecule has 4 atom stereocenters. The number of Topliss-reactive ketones (excluding diaryl/α,β-unsaturated/α-hetero) is 2. The second kappa shape index (κ2) is 9.53. The molecular weight excluding hydrogens is 578 g/mol. The summed E-state index contributed by atoms with van der Waals surface area (Å²) in [5.74, 6) is -5.88. The number of aryl methyl sites for hydroxylation is 1. The fraction of sp³-hybridized carbons (Fsp3) is 0.333. The highest BCUT2D eigenvalue weighted by atomic mass is 16.4. The van der Waals surface area contributed by atoms with E-state index in [2.05, 4.69) is 0 Å². The van der Waals surface area contributed by atoms with Crippen LogP contribution in [0.4, 0.5) is 5.69 Å². The number of ketones is 2. The Morgan fingerprint density at radius 1 is 1.13 bits per heavy atom. The third kappa shape index (κ3) is 3.72. The number of aliphatic hydroxyl groups is 3. The van der Waals surface area contributed by atoms with Gasteiger partial charge in [-0.2, -0.15) is 0 Å². The van der Waals surface area contributed by atoms with Crippen LogP contribution in [0, 0.1) is 11.8 Å². The molecule has 3 aliphatic carbocycles. The van der Waals surface area contributed by atoms with Gasteiger partial charge in [0.15, 0.2) is 17.0 Å². The van der Waals surface area contributed by atoms with E-state index in [9.17, 15) is 29.7 Å². The number of benzene rings is 2. The first-order valence-electron chi connectivity index (χ1n) is 14.6. The molecule has 12 nitrogen and oxygen atoms in total. The number of nitrogens with zero attached hydrogens (tertiary/aromatic N) is 4.